The third kappa shape index (κ3) is 5.06. The van der Waals surface area contributed by atoms with Gasteiger partial charge in [-0.15, -0.1) is 11.8 Å². The van der Waals surface area contributed by atoms with Crippen molar-refractivity contribution in [2.24, 2.45) is 0 Å². The number of rotatable bonds is 7. The number of thioether (sulfide) groups is 1. The molecule has 33 heavy (non-hydrogen) atoms. The molecule has 1 amide bonds. The lowest BCUT2D eigenvalue weighted by molar-refractivity contribution is 0.0789. The molecule has 2 fully saturated rings. The van der Waals surface area contributed by atoms with Gasteiger partial charge in [-0.1, -0.05) is 0 Å². The number of sulfonamides is 2. The van der Waals surface area contributed by atoms with E-state index in [9.17, 15) is 21.6 Å². The summed E-state index contributed by atoms with van der Waals surface area (Å²) in [7, 11) is -7.54. The van der Waals surface area contributed by atoms with Crippen molar-refractivity contribution in [3.05, 3.63) is 48.0 Å². The van der Waals surface area contributed by atoms with Gasteiger partial charge in [0.1, 0.15) is 0 Å². The predicted molar refractivity (Wildman–Crippen MR) is 129 cm³/mol. The summed E-state index contributed by atoms with van der Waals surface area (Å²) in [5.41, 5.74) is 0.621. The predicted octanol–water partition coefficient (Wildman–Crippen LogP) is 3.23. The zero-order valence-electron chi connectivity index (χ0n) is 18.4. The molecule has 2 aliphatic heterocycles. The van der Waals surface area contributed by atoms with Crippen molar-refractivity contribution in [3.8, 4) is 0 Å². The fraction of sp³-hybridized carbons (Fsp3) is 0.409. The van der Waals surface area contributed by atoms with Crippen LogP contribution in [0, 0.1) is 0 Å². The Hall–Kier alpha value is -2.08. The Labute approximate surface area is 199 Å². The van der Waals surface area contributed by atoms with Gasteiger partial charge in [0.15, 0.2) is 0 Å². The number of carbonyl (C=O) groups is 1. The van der Waals surface area contributed by atoms with Gasteiger partial charge in [0.2, 0.25) is 10.0 Å². The molecule has 8 nitrogen and oxygen atoms in total. The number of likely N-dealkylation sites (tertiary alicyclic amines) is 1. The maximum absolute atomic E-state index is 13.0. The zero-order valence-corrected chi connectivity index (χ0v) is 20.8. The largest absolute Gasteiger partial charge is 0.339 e. The third-order valence-electron chi connectivity index (χ3n) is 5.91. The van der Waals surface area contributed by atoms with Crippen LogP contribution in [0.3, 0.4) is 0 Å². The van der Waals surface area contributed by atoms with Crippen molar-refractivity contribution in [2.45, 2.75) is 40.4 Å². The number of hydrogen-bond donors (Lipinski definition) is 1. The third-order valence-corrected chi connectivity index (χ3v) is 10.0. The first-order valence-electron chi connectivity index (χ1n) is 10.8. The Morgan fingerprint density at radius 3 is 2.03 bits per heavy atom. The van der Waals surface area contributed by atoms with Crippen LogP contribution in [-0.2, 0) is 20.0 Å². The summed E-state index contributed by atoms with van der Waals surface area (Å²) in [6, 6.07) is 10.2. The van der Waals surface area contributed by atoms with E-state index < -0.39 is 20.0 Å². The topological polar surface area (TPSA) is 104 Å². The summed E-state index contributed by atoms with van der Waals surface area (Å²) in [6.45, 7) is 2.35. The van der Waals surface area contributed by atoms with E-state index >= 15 is 0 Å². The van der Waals surface area contributed by atoms with Crippen LogP contribution >= 0.6 is 11.8 Å². The monoisotopic (exact) mass is 509 g/mol. The normalized spacial score (nSPS) is 17.4. The van der Waals surface area contributed by atoms with Gasteiger partial charge in [-0.3, -0.25) is 9.52 Å². The molecular weight excluding hydrogens is 482 g/mol. The van der Waals surface area contributed by atoms with Crippen LogP contribution in [0.15, 0.2) is 57.2 Å². The summed E-state index contributed by atoms with van der Waals surface area (Å²) < 4.78 is 55.3. The van der Waals surface area contributed by atoms with Crippen LogP contribution < -0.4 is 4.72 Å². The second kappa shape index (κ2) is 9.65. The van der Waals surface area contributed by atoms with Crippen molar-refractivity contribution in [1.29, 1.82) is 0 Å². The number of nitrogens with zero attached hydrogens (tertiary/aromatic N) is 2. The molecule has 0 aliphatic carbocycles. The number of benzene rings is 2. The molecule has 0 radical (unpaired) electrons. The van der Waals surface area contributed by atoms with E-state index in [1.165, 1.54) is 52.5 Å². The summed E-state index contributed by atoms with van der Waals surface area (Å²) >= 11 is 1.40. The lowest BCUT2D eigenvalue weighted by Crippen LogP contribution is -2.28. The standard InChI is InChI=1S/C22H27N3O5S3/c1-31-21-11-10-19(16-20(21)22(26)24-12-2-3-13-24)32(27,28)23-17-6-8-18(9-7-17)33(29,30)25-14-4-5-15-25/h6-11,16,23H,2-5,12-15H2,1H3. The molecule has 1 N–H and O–H groups in total. The summed E-state index contributed by atoms with van der Waals surface area (Å²) in [5.74, 6) is -0.162. The highest BCUT2D eigenvalue weighted by atomic mass is 32.2. The highest BCUT2D eigenvalue weighted by Gasteiger charge is 2.28. The molecule has 2 saturated heterocycles. The lowest BCUT2D eigenvalue weighted by Gasteiger charge is -2.18. The highest BCUT2D eigenvalue weighted by Crippen LogP contribution is 2.28. The molecule has 0 unspecified atom stereocenters. The Morgan fingerprint density at radius 1 is 0.848 bits per heavy atom. The van der Waals surface area contributed by atoms with Crippen LogP contribution in [0.5, 0.6) is 0 Å². The van der Waals surface area contributed by atoms with Crippen molar-refractivity contribution >= 4 is 43.4 Å². The fourth-order valence-electron chi connectivity index (χ4n) is 4.10. The van der Waals surface area contributed by atoms with E-state index in [1.807, 2.05) is 6.26 Å². The Morgan fingerprint density at radius 2 is 1.42 bits per heavy atom. The second-order valence-electron chi connectivity index (χ2n) is 8.10. The molecule has 2 aliphatic rings. The number of carbonyl (C=O) groups excluding carboxylic acids is 1. The maximum atomic E-state index is 13.0. The van der Waals surface area contributed by atoms with E-state index in [0.717, 1.165) is 30.6 Å². The first-order chi connectivity index (χ1) is 15.7. The highest BCUT2D eigenvalue weighted by molar-refractivity contribution is 7.98. The molecular formula is C22H27N3O5S3. The quantitative estimate of drug-likeness (QED) is 0.575. The van der Waals surface area contributed by atoms with Crippen molar-refractivity contribution in [3.63, 3.8) is 0 Å². The van der Waals surface area contributed by atoms with Gasteiger partial charge in [-0.2, -0.15) is 4.31 Å². The molecule has 0 aromatic heterocycles. The second-order valence-corrected chi connectivity index (χ2v) is 12.6. The van der Waals surface area contributed by atoms with Crippen LogP contribution in [0.25, 0.3) is 0 Å². The van der Waals surface area contributed by atoms with Crippen molar-refractivity contribution < 1.29 is 21.6 Å². The number of nitrogens with one attached hydrogen (secondary N) is 1. The smallest absolute Gasteiger partial charge is 0.261 e. The molecule has 2 heterocycles. The molecule has 178 valence electrons. The average molecular weight is 510 g/mol. The van der Waals surface area contributed by atoms with Gasteiger partial charge in [0.25, 0.3) is 15.9 Å². The molecule has 2 aromatic rings. The number of hydrogen-bond acceptors (Lipinski definition) is 6. The molecule has 2 aromatic carbocycles. The minimum Gasteiger partial charge on any atom is -0.339 e. The molecule has 11 heteroatoms. The first-order valence-corrected chi connectivity index (χ1v) is 15.0. The zero-order chi connectivity index (χ0) is 23.6. The van der Waals surface area contributed by atoms with Crippen LogP contribution in [0.1, 0.15) is 36.0 Å². The molecule has 0 atom stereocenters. The van der Waals surface area contributed by atoms with Gasteiger partial charge in [-0.25, -0.2) is 16.8 Å². The fourth-order valence-corrected chi connectivity index (χ4v) is 7.27. The van der Waals surface area contributed by atoms with Crippen molar-refractivity contribution in [1.82, 2.24) is 9.21 Å². The van der Waals surface area contributed by atoms with E-state index in [2.05, 4.69) is 4.72 Å². The summed E-state index contributed by atoms with van der Waals surface area (Å²) in [5, 5.41) is 0. The first kappa shape index (κ1) is 24.1. The van der Waals surface area contributed by atoms with E-state index in [1.54, 1.807) is 11.0 Å². The van der Waals surface area contributed by atoms with Gasteiger partial charge < -0.3 is 4.90 Å². The van der Waals surface area contributed by atoms with Crippen molar-refractivity contribution in [2.75, 3.05) is 37.2 Å². The molecule has 4 rings (SSSR count). The summed E-state index contributed by atoms with van der Waals surface area (Å²) in [4.78, 5) is 15.5. The number of amides is 1. The lowest BCUT2D eigenvalue weighted by atomic mass is 10.2. The average Bonchev–Trinajstić information content (AvgIpc) is 3.53. The van der Waals surface area contributed by atoms with E-state index in [4.69, 9.17) is 0 Å². The van der Waals surface area contributed by atoms with Gasteiger partial charge >= 0.3 is 0 Å². The minimum atomic E-state index is -3.97. The minimum absolute atomic E-state index is 0.0170. The van der Waals surface area contributed by atoms with Crippen LogP contribution in [0.2, 0.25) is 0 Å². The SMILES string of the molecule is CSc1ccc(S(=O)(=O)Nc2ccc(S(=O)(=O)N3CCCC3)cc2)cc1C(=O)N1CCCC1. The van der Waals surface area contributed by atoms with E-state index in [0.29, 0.717) is 31.7 Å². The Bertz CT molecular complexity index is 1230. The van der Waals surface area contributed by atoms with Gasteiger partial charge in [0, 0.05) is 36.8 Å². The molecule has 0 spiro atoms. The number of anilines is 1. The molecule has 0 saturated carbocycles. The van der Waals surface area contributed by atoms with Gasteiger partial charge in [-0.05, 0) is 74.4 Å². The maximum Gasteiger partial charge on any atom is 0.261 e. The Balaban J connectivity index is 1.56. The van der Waals surface area contributed by atoms with Gasteiger partial charge in [0.05, 0.1) is 15.4 Å². The van der Waals surface area contributed by atoms with Crippen LogP contribution in [-0.4, -0.2) is 64.4 Å². The molecule has 0 bridgehead atoms. The Kier molecular flexibility index (Phi) is 7.04. The van der Waals surface area contributed by atoms with E-state index in [-0.39, 0.29) is 21.4 Å². The van der Waals surface area contributed by atoms with Crippen LogP contribution in [0.4, 0.5) is 5.69 Å². The summed E-state index contributed by atoms with van der Waals surface area (Å²) in [6.07, 6.45) is 5.43.